The number of aromatic nitrogens is 2. The third-order valence-electron chi connectivity index (χ3n) is 3.27. The number of anilines is 1. The van der Waals surface area contributed by atoms with Crippen LogP contribution >= 0.6 is 11.6 Å². The van der Waals surface area contributed by atoms with Gasteiger partial charge in [-0.1, -0.05) is 0 Å². The fraction of sp³-hybridized carbons (Fsp3) is 0.538. The number of carbonyl (C=O) groups excluding carboxylic acids is 1. The number of nitrogens with zero attached hydrogens (tertiary/aromatic N) is 3. The standard InChI is InChI=1S/C13H16ClF3N4O3S/c1-8-6-24-4-3-21(8)10-5-9(18-12(14)19-10)7-25(2,23)20-11(22)13(15,16)17/h5,7-8H,3-4,6H2,1-2H3,(H,20,22,23)/t8-,25?/m1/s1. The van der Waals surface area contributed by atoms with Crippen molar-refractivity contribution in [3.05, 3.63) is 17.0 Å². The van der Waals surface area contributed by atoms with Gasteiger partial charge in [-0.15, -0.1) is 0 Å². The molecule has 1 aliphatic heterocycles. The summed E-state index contributed by atoms with van der Waals surface area (Å²) in [6.07, 6.45) is -4.17. The molecule has 1 aromatic rings. The Morgan fingerprint density at radius 1 is 1.52 bits per heavy atom. The molecule has 12 heteroatoms. The monoisotopic (exact) mass is 400 g/mol. The molecule has 0 bridgehead atoms. The molecule has 1 fully saturated rings. The number of hydrogen-bond donors (Lipinski definition) is 1. The van der Waals surface area contributed by atoms with Gasteiger partial charge in [-0.3, -0.25) is 9.52 Å². The summed E-state index contributed by atoms with van der Waals surface area (Å²) in [4.78, 5) is 20.8. The minimum Gasteiger partial charge on any atom is -0.377 e. The molecule has 0 spiro atoms. The molecular weight excluding hydrogens is 385 g/mol. The van der Waals surface area contributed by atoms with Gasteiger partial charge in [0, 0.05) is 24.2 Å². The van der Waals surface area contributed by atoms with Crippen LogP contribution in [0.25, 0.3) is 0 Å². The quantitative estimate of drug-likeness (QED) is 0.602. The highest BCUT2D eigenvalue weighted by Gasteiger charge is 2.39. The third-order valence-corrected chi connectivity index (χ3v) is 4.72. The second-order valence-corrected chi connectivity index (χ2v) is 8.07. The Balaban J connectivity index is 2.33. The topological polar surface area (TPSA) is 84.4 Å². The van der Waals surface area contributed by atoms with Gasteiger partial charge in [0.1, 0.15) is 5.82 Å². The van der Waals surface area contributed by atoms with Crippen LogP contribution in [0.5, 0.6) is 0 Å². The van der Waals surface area contributed by atoms with Crippen molar-refractivity contribution in [2.24, 2.45) is 0 Å². The van der Waals surface area contributed by atoms with Gasteiger partial charge in [0.2, 0.25) is 5.28 Å². The predicted octanol–water partition coefficient (Wildman–Crippen LogP) is 1.01. The van der Waals surface area contributed by atoms with Gasteiger partial charge in [-0.05, 0) is 18.5 Å². The number of hydrogen-bond acceptors (Lipinski definition) is 6. The van der Waals surface area contributed by atoms with Crippen molar-refractivity contribution in [1.29, 1.82) is 0 Å². The fourth-order valence-corrected chi connectivity index (χ4v) is 3.51. The minimum absolute atomic E-state index is 0.00322. The summed E-state index contributed by atoms with van der Waals surface area (Å²) in [5.74, 6) is -1.86. The van der Waals surface area contributed by atoms with Gasteiger partial charge in [-0.2, -0.15) is 13.2 Å². The summed E-state index contributed by atoms with van der Waals surface area (Å²) in [6.45, 7) is 3.41. The molecule has 0 radical (unpaired) electrons. The summed E-state index contributed by atoms with van der Waals surface area (Å²) in [6, 6.07) is 1.44. The van der Waals surface area contributed by atoms with Crippen LogP contribution in [0, 0.1) is 0 Å². The lowest BCUT2D eigenvalue weighted by molar-refractivity contribution is -0.171. The second kappa shape index (κ2) is 7.34. The Morgan fingerprint density at radius 2 is 2.20 bits per heavy atom. The molecule has 0 aliphatic carbocycles. The van der Waals surface area contributed by atoms with E-state index in [1.54, 1.807) is 0 Å². The summed E-state index contributed by atoms with van der Waals surface area (Å²) >= 11 is 5.86. The Labute approximate surface area is 147 Å². The van der Waals surface area contributed by atoms with Gasteiger partial charge in [0.25, 0.3) is 0 Å². The number of alkyl halides is 3. The van der Waals surface area contributed by atoms with Crippen LogP contribution in [0.3, 0.4) is 0 Å². The summed E-state index contributed by atoms with van der Waals surface area (Å²) in [7, 11) is -3.48. The zero-order valence-corrected chi connectivity index (χ0v) is 14.9. The van der Waals surface area contributed by atoms with E-state index in [-0.39, 0.29) is 17.0 Å². The molecular formula is C13H16ClF3N4O3S. The number of carbonyl (C=O) groups is 1. The van der Waals surface area contributed by atoms with E-state index in [1.807, 2.05) is 11.8 Å². The average molecular weight is 401 g/mol. The van der Waals surface area contributed by atoms with E-state index in [4.69, 9.17) is 16.3 Å². The smallest absolute Gasteiger partial charge is 0.377 e. The van der Waals surface area contributed by atoms with Crippen LogP contribution < -0.4 is 9.62 Å². The van der Waals surface area contributed by atoms with E-state index in [0.717, 1.165) is 11.6 Å². The lowest BCUT2D eigenvalue weighted by atomic mass is 10.2. The van der Waals surface area contributed by atoms with Crippen LogP contribution in [0.15, 0.2) is 6.07 Å². The first-order valence-corrected chi connectivity index (χ1v) is 9.50. The Bertz CT molecular complexity index is 780. The molecule has 1 unspecified atom stereocenters. The second-order valence-electron chi connectivity index (χ2n) is 5.49. The lowest BCUT2D eigenvalue weighted by Gasteiger charge is -2.34. The lowest BCUT2D eigenvalue weighted by Crippen LogP contribution is -2.44. The van der Waals surface area contributed by atoms with Crippen LogP contribution in [-0.4, -0.2) is 63.7 Å². The number of ether oxygens (including phenoxy) is 1. The van der Waals surface area contributed by atoms with Crippen molar-refractivity contribution in [1.82, 2.24) is 14.7 Å². The van der Waals surface area contributed by atoms with Crippen LogP contribution in [-0.2, 0) is 19.2 Å². The highest BCUT2D eigenvalue weighted by molar-refractivity contribution is 7.99. The van der Waals surface area contributed by atoms with Gasteiger partial charge < -0.3 is 9.64 Å². The highest BCUT2D eigenvalue weighted by atomic mass is 35.5. The molecule has 1 N–H and O–H groups in total. The van der Waals surface area contributed by atoms with Crippen molar-refractivity contribution < 1.29 is 26.9 Å². The maximum Gasteiger partial charge on any atom is 0.472 e. The van der Waals surface area contributed by atoms with Gasteiger partial charge in [-0.25, -0.2) is 14.2 Å². The van der Waals surface area contributed by atoms with E-state index in [0.29, 0.717) is 25.6 Å². The van der Waals surface area contributed by atoms with Crippen molar-refractivity contribution in [2.75, 3.05) is 30.9 Å². The summed E-state index contributed by atoms with van der Waals surface area (Å²) in [5.41, 5.74) is 0.0451. The SMILES string of the molecule is C[C@@H]1COCCN1c1cc(C=S(C)(=O)NC(=O)C(F)(F)F)nc(Cl)n1. The average Bonchev–Trinajstić information content (AvgIpc) is 2.44. The van der Waals surface area contributed by atoms with Crippen molar-refractivity contribution in [2.45, 2.75) is 19.1 Å². The van der Waals surface area contributed by atoms with Crippen molar-refractivity contribution in [3.8, 4) is 0 Å². The third kappa shape index (κ3) is 5.44. The zero-order chi connectivity index (χ0) is 18.8. The first-order chi connectivity index (χ1) is 11.5. The van der Waals surface area contributed by atoms with Crippen molar-refractivity contribution in [3.63, 3.8) is 0 Å². The molecule has 140 valence electrons. The van der Waals surface area contributed by atoms with Crippen LogP contribution in [0.1, 0.15) is 12.6 Å². The summed E-state index contributed by atoms with van der Waals surface area (Å²) < 4.78 is 56.0. The molecule has 2 rings (SSSR count). The first kappa shape index (κ1) is 19.7. The molecule has 25 heavy (non-hydrogen) atoms. The van der Waals surface area contributed by atoms with Gasteiger partial charge in [0.05, 0.1) is 34.7 Å². The molecule has 0 saturated carbocycles. The molecule has 1 aromatic heterocycles. The van der Waals surface area contributed by atoms with Crippen LogP contribution in [0.4, 0.5) is 19.0 Å². The number of nitrogens with one attached hydrogen (secondary N) is 1. The predicted molar refractivity (Wildman–Crippen MR) is 88.1 cm³/mol. The molecule has 1 aliphatic rings. The Morgan fingerprint density at radius 3 is 2.80 bits per heavy atom. The fourth-order valence-electron chi connectivity index (χ4n) is 2.20. The number of halogens is 4. The molecule has 1 amide bonds. The summed E-state index contributed by atoms with van der Waals surface area (Å²) in [5, 5.41) is 0.776. The van der Waals surface area contributed by atoms with E-state index in [9.17, 15) is 22.2 Å². The normalized spacial score (nSPS) is 20.7. The van der Waals surface area contributed by atoms with E-state index >= 15 is 0 Å². The molecule has 2 heterocycles. The zero-order valence-electron chi connectivity index (χ0n) is 13.3. The van der Waals surface area contributed by atoms with Gasteiger partial charge in [0.15, 0.2) is 0 Å². The maximum atomic E-state index is 12.3. The van der Waals surface area contributed by atoms with E-state index in [2.05, 4.69) is 9.97 Å². The molecule has 7 nitrogen and oxygen atoms in total. The Hall–Kier alpha value is -1.59. The first-order valence-electron chi connectivity index (χ1n) is 7.10. The molecule has 2 atom stereocenters. The Kier molecular flexibility index (Phi) is 5.79. The molecule has 0 aromatic carbocycles. The van der Waals surface area contributed by atoms with E-state index < -0.39 is 21.8 Å². The van der Waals surface area contributed by atoms with Gasteiger partial charge >= 0.3 is 12.1 Å². The number of rotatable bonds is 3. The molecule has 1 saturated heterocycles. The largest absolute Gasteiger partial charge is 0.472 e. The van der Waals surface area contributed by atoms with Crippen molar-refractivity contribution >= 4 is 38.4 Å². The highest BCUT2D eigenvalue weighted by Crippen LogP contribution is 2.20. The maximum absolute atomic E-state index is 12.3. The number of morpholine rings is 1. The minimum atomic E-state index is -5.13. The van der Waals surface area contributed by atoms with E-state index in [1.165, 1.54) is 10.8 Å². The number of amides is 1. The van der Waals surface area contributed by atoms with Crippen LogP contribution in [0.2, 0.25) is 5.28 Å².